The van der Waals surface area contributed by atoms with Crippen LogP contribution in [0.4, 0.5) is 0 Å². The first-order chi connectivity index (χ1) is 7.97. The molecule has 2 rings (SSSR count). The van der Waals surface area contributed by atoms with Gasteiger partial charge >= 0.3 is 5.97 Å². The lowest BCUT2D eigenvalue weighted by Crippen LogP contribution is -2.46. The molecule has 0 aromatic carbocycles. The average Bonchev–Trinajstić information content (AvgIpc) is 2.97. The summed E-state index contributed by atoms with van der Waals surface area (Å²) in [5, 5.41) is 9.15. The van der Waals surface area contributed by atoms with E-state index >= 15 is 0 Å². The first-order valence-electron chi connectivity index (χ1n) is 6.52. The summed E-state index contributed by atoms with van der Waals surface area (Å²) in [6, 6.07) is -0.354. The summed E-state index contributed by atoms with van der Waals surface area (Å²) in [5.74, 6) is -0.112. The molecular weight excluding hydrogens is 218 g/mol. The largest absolute Gasteiger partial charge is 0.480 e. The first-order valence-corrected chi connectivity index (χ1v) is 6.52. The molecule has 4 heteroatoms. The third-order valence-electron chi connectivity index (χ3n) is 4.53. The van der Waals surface area contributed by atoms with Crippen molar-refractivity contribution >= 4 is 11.9 Å². The van der Waals surface area contributed by atoms with Crippen molar-refractivity contribution in [3.63, 3.8) is 0 Å². The van der Waals surface area contributed by atoms with Crippen LogP contribution >= 0.6 is 0 Å². The Morgan fingerprint density at radius 2 is 2.00 bits per heavy atom. The van der Waals surface area contributed by atoms with Crippen LogP contribution in [-0.2, 0) is 9.59 Å². The molecule has 0 radical (unpaired) electrons. The van der Waals surface area contributed by atoms with Gasteiger partial charge in [-0.25, -0.2) is 4.79 Å². The highest BCUT2D eigenvalue weighted by atomic mass is 16.4. The van der Waals surface area contributed by atoms with Crippen LogP contribution in [0.15, 0.2) is 0 Å². The van der Waals surface area contributed by atoms with E-state index in [0.29, 0.717) is 18.3 Å². The van der Waals surface area contributed by atoms with E-state index in [4.69, 9.17) is 5.11 Å². The van der Waals surface area contributed by atoms with Crippen molar-refractivity contribution in [3.8, 4) is 0 Å². The van der Waals surface area contributed by atoms with Crippen molar-refractivity contribution < 1.29 is 14.7 Å². The van der Waals surface area contributed by atoms with Gasteiger partial charge in [0, 0.05) is 12.0 Å². The Labute approximate surface area is 102 Å². The first kappa shape index (κ1) is 12.4. The zero-order valence-corrected chi connectivity index (χ0v) is 10.7. The highest BCUT2D eigenvalue weighted by Crippen LogP contribution is 2.48. The molecule has 0 aromatic rings. The lowest BCUT2D eigenvalue weighted by molar-refractivity contribution is -0.151. The van der Waals surface area contributed by atoms with E-state index in [1.165, 1.54) is 0 Å². The predicted octanol–water partition coefficient (Wildman–Crippen LogP) is 1.74. The highest BCUT2D eigenvalue weighted by molar-refractivity contribution is 5.86. The van der Waals surface area contributed by atoms with E-state index in [9.17, 15) is 9.59 Å². The molecule has 1 N–H and O–H groups in total. The van der Waals surface area contributed by atoms with Crippen molar-refractivity contribution in [2.24, 2.45) is 17.8 Å². The number of fused-ring (bicyclic) bond motifs is 1. The summed E-state index contributed by atoms with van der Waals surface area (Å²) in [6.07, 6.45) is 2.61. The van der Waals surface area contributed by atoms with Gasteiger partial charge in [0.2, 0.25) is 5.91 Å². The summed E-state index contributed by atoms with van der Waals surface area (Å²) in [5.41, 5.74) is 0. The maximum atomic E-state index is 12.4. The third-order valence-corrected chi connectivity index (χ3v) is 4.53. The topological polar surface area (TPSA) is 57.6 Å². The van der Waals surface area contributed by atoms with Crippen molar-refractivity contribution in [3.05, 3.63) is 0 Å². The van der Waals surface area contributed by atoms with Crippen molar-refractivity contribution in [1.29, 1.82) is 0 Å². The minimum Gasteiger partial charge on any atom is -0.480 e. The number of piperidine rings is 1. The molecule has 1 aliphatic heterocycles. The summed E-state index contributed by atoms with van der Waals surface area (Å²) in [4.78, 5) is 25.2. The smallest absolute Gasteiger partial charge is 0.326 e. The van der Waals surface area contributed by atoms with Crippen LogP contribution in [0.2, 0.25) is 0 Å². The van der Waals surface area contributed by atoms with Gasteiger partial charge in [-0.1, -0.05) is 27.2 Å². The highest BCUT2D eigenvalue weighted by Gasteiger charge is 2.56. The number of nitrogens with zero attached hydrogens (tertiary/aromatic N) is 1. The van der Waals surface area contributed by atoms with Crippen molar-refractivity contribution in [2.75, 3.05) is 0 Å². The number of likely N-dealkylation sites (tertiary alicyclic amines) is 1. The van der Waals surface area contributed by atoms with Crippen LogP contribution in [0.25, 0.3) is 0 Å². The maximum Gasteiger partial charge on any atom is 0.326 e. The van der Waals surface area contributed by atoms with E-state index in [1.54, 1.807) is 4.90 Å². The molecule has 1 saturated carbocycles. The molecule has 1 amide bonds. The minimum atomic E-state index is -0.845. The van der Waals surface area contributed by atoms with Gasteiger partial charge in [0.25, 0.3) is 0 Å². The summed E-state index contributed by atoms with van der Waals surface area (Å²) in [6.45, 7) is 6.04. The van der Waals surface area contributed by atoms with Gasteiger partial charge < -0.3 is 10.0 Å². The third kappa shape index (κ3) is 2.05. The predicted molar refractivity (Wildman–Crippen MR) is 63.4 cm³/mol. The van der Waals surface area contributed by atoms with E-state index in [-0.39, 0.29) is 17.9 Å². The lowest BCUT2D eigenvalue weighted by atomic mass is 9.92. The molecule has 2 aliphatic rings. The maximum absolute atomic E-state index is 12.4. The second kappa shape index (κ2) is 4.31. The summed E-state index contributed by atoms with van der Waals surface area (Å²) in [7, 11) is 0. The van der Waals surface area contributed by atoms with E-state index in [0.717, 1.165) is 12.8 Å². The van der Waals surface area contributed by atoms with E-state index < -0.39 is 12.0 Å². The van der Waals surface area contributed by atoms with Crippen LogP contribution in [0, 0.1) is 17.8 Å². The number of aliphatic carboxylic acids is 1. The molecule has 0 bridgehead atoms. The molecule has 5 unspecified atom stereocenters. The molecule has 2 fully saturated rings. The van der Waals surface area contributed by atoms with E-state index in [1.807, 2.05) is 6.92 Å². The molecule has 1 heterocycles. The fraction of sp³-hybridized carbons (Fsp3) is 0.846. The van der Waals surface area contributed by atoms with Crippen LogP contribution in [-0.4, -0.2) is 34.0 Å². The quantitative estimate of drug-likeness (QED) is 0.813. The number of carboxylic acid groups (broad SMARTS) is 1. The Morgan fingerprint density at radius 1 is 1.35 bits per heavy atom. The van der Waals surface area contributed by atoms with E-state index in [2.05, 4.69) is 13.8 Å². The standard InChI is InChI=1S/C13H21NO3/c1-4-7(2)8(3)12(15)14-10-5-9(10)6-11(14)13(16)17/h7-11H,4-6H2,1-3H3,(H,16,17). The molecule has 4 nitrogen and oxygen atoms in total. The number of carbonyl (C=O) groups is 2. The Balaban J connectivity index is 2.09. The van der Waals surface area contributed by atoms with Gasteiger partial charge in [0.05, 0.1) is 0 Å². The molecule has 17 heavy (non-hydrogen) atoms. The van der Waals surface area contributed by atoms with Gasteiger partial charge in [0.1, 0.15) is 6.04 Å². The lowest BCUT2D eigenvalue weighted by Gasteiger charge is -2.29. The van der Waals surface area contributed by atoms with Crippen molar-refractivity contribution in [2.45, 2.75) is 52.1 Å². The Morgan fingerprint density at radius 3 is 2.53 bits per heavy atom. The second-order valence-electron chi connectivity index (χ2n) is 5.57. The molecule has 1 aliphatic carbocycles. The Hall–Kier alpha value is -1.06. The normalized spacial score (nSPS) is 34.1. The van der Waals surface area contributed by atoms with Crippen LogP contribution in [0.5, 0.6) is 0 Å². The minimum absolute atomic E-state index is 0.0387. The average molecular weight is 239 g/mol. The van der Waals surface area contributed by atoms with Gasteiger partial charge in [0.15, 0.2) is 0 Å². The Kier molecular flexibility index (Phi) is 3.15. The SMILES string of the molecule is CCC(C)C(C)C(=O)N1C(C(=O)O)CC2CC21. The number of carbonyl (C=O) groups excluding carboxylic acids is 1. The number of carboxylic acids is 1. The number of hydrogen-bond donors (Lipinski definition) is 1. The fourth-order valence-corrected chi connectivity index (χ4v) is 2.83. The fourth-order valence-electron chi connectivity index (χ4n) is 2.83. The Bertz CT molecular complexity index is 342. The molecule has 96 valence electrons. The van der Waals surface area contributed by atoms with Crippen LogP contribution in [0.1, 0.15) is 40.0 Å². The zero-order chi connectivity index (χ0) is 12.7. The van der Waals surface area contributed by atoms with Gasteiger partial charge in [-0.15, -0.1) is 0 Å². The van der Waals surface area contributed by atoms with Crippen LogP contribution < -0.4 is 0 Å². The number of hydrogen-bond acceptors (Lipinski definition) is 2. The molecule has 0 aromatic heterocycles. The molecule has 0 spiro atoms. The summed E-state index contributed by atoms with van der Waals surface area (Å²) < 4.78 is 0. The number of amides is 1. The van der Waals surface area contributed by atoms with Gasteiger partial charge in [-0.2, -0.15) is 0 Å². The number of rotatable bonds is 4. The molecular formula is C13H21NO3. The second-order valence-corrected chi connectivity index (χ2v) is 5.57. The van der Waals surface area contributed by atoms with Gasteiger partial charge in [-0.3, -0.25) is 4.79 Å². The molecule has 1 saturated heterocycles. The van der Waals surface area contributed by atoms with Gasteiger partial charge in [-0.05, 0) is 24.7 Å². The zero-order valence-electron chi connectivity index (χ0n) is 10.7. The molecule has 5 atom stereocenters. The van der Waals surface area contributed by atoms with Crippen molar-refractivity contribution in [1.82, 2.24) is 4.90 Å². The van der Waals surface area contributed by atoms with Crippen LogP contribution in [0.3, 0.4) is 0 Å². The summed E-state index contributed by atoms with van der Waals surface area (Å²) >= 11 is 0. The monoisotopic (exact) mass is 239 g/mol.